The lowest BCUT2D eigenvalue weighted by atomic mass is 9.85. The molecule has 1 aromatic carbocycles. The summed E-state index contributed by atoms with van der Waals surface area (Å²) < 4.78 is 38.7. The molecular formula is C17H21NO6S. The van der Waals surface area contributed by atoms with Gasteiger partial charge in [0, 0.05) is 12.1 Å². The summed E-state index contributed by atoms with van der Waals surface area (Å²) >= 11 is 0. The van der Waals surface area contributed by atoms with E-state index >= 15 is 0 Å². The Morgan fingerprint density at radius 3 is 2.60 bits per heavy atom. The van der Waals surface area contributed by atoms with E-state index in [0.29, 0.717) is 31.1 Å². The summed E-state index contributed by atoms with van der Waals surface area (Å²) in [5, 5.41) is 9.58. The molecule has 0 unspecified atom stereocenters. The normalized spacial score (nSPS) is 29.2. The molecule has 1 saturated heterocycles. The molecule has 25 heavy (non-hydrogen) atoms. The highest BCUT2D eigenvalue weighted by Crippen LogP contribution is 2.43. The van der Waals surface area contributed by atoms with Gasteiger partial charge in [0.25, 0.3) is 0 Å². The van der Waals surface area contributed by atoms with Crippen LogP contribution in [0.4, 0.5) is 0 Å². The first-order chi connectivity index (χ1) is 12.0. The minimum absolute atomic E-state index is 0.0641. The monoisotopic (exact) mass is 367 g/mol. The predicted molar refractivity (Wildman–Crippen MR) is 88.2 cm³/mol. The topological polar surface area (TPSA) is 93.1 Å². The molecule has 0 spiro atoms. The van der Waals surface area contributed by atoms with Crippen LogP contribution in [0.1, 0.15) is 32.1 Å². The molecule has 0 aromatic heterocycles. The van der Waals surface area contributed by atoms with Gasteiger partial charge in [-0.25, -0.2) is 8.42 Å². The van der Waals surface area contributed by atoms with Crippen LogP contribution in [0.25, 0.3) is 0 Å². The van der Waals surface area contributed by atoms with Gasteiger partial charge in [-0.1, -0.05) is 12.8 Å². The maximum Gasteiger partial charge on any atom is 0.322 e. The Morgan fingerprint density at radius 1 is 1.12 bits per heavy atom. The van der Waals surface area contributed by atoms with E-state index in [9.17, 15) is 18.3 Å². The van der Waals surface area contributed by atoms with Gasteiger partial charge < -0.3 is 14.6 Å². The van der Waals surface area contributed by atoms with Gasteiger partial charge in [0.05, 0.1) is 4.90 Å². The number of rotatable bonds is 3. The Labute approximate surface area is 146 Å². The maximum absolute atomic E-state index is 13.3. The lowest BCUT2D eigenvalue weighted by Crippen LogP contribution is -2.46. The third-order valence-electron chi connectivity index (χ3n) is 5.40. The number of ether oxygens (including phenoxy) is 2. The molecule has 2 heterocycles. The van der Waals surface area contributed by atoms with Crippen molar-refractivity contribution in [3.63, 3.8) is 0 Å². The van der Waals surface area contributed by atoms with E-state index in [4.69, 9.17) is 9.47 Å². The molecule has 0 amide bonds. The first kappa shape index (κ1) is 16.7. The van der Waals surface area contributed by atoms with Gasteiger partial charge in [0.1, 0.15) is 19.3 Å². The summed E-state index contributed by atoms with van der Waals surface area (Å²) in [6.07, 6.45) is 3.97. The minimum Gasteiger partial charge on any atom is -0.486 e. The molecule has 4 rings (SSSR count). The van der Waals surface area contributed by atoms with E-state index in [1.807, 2.05) is 0 Å². The highest BCUT2D eigenvalue weighted by atomic mass is 32.2. The number of carbonyl (C=O) groups is 1. The Morgan fingerprint density at radius 2 is 1.84 bits per heavy atom. The molecule has 0 radical (unpaired) electrons. The molecule has 2 fully saturated rings. The third-order valence-corrected chi connectivity index (χ3v) is 7.33. The lowest BCUT2D eigenvalue weighted by Gasteiger charge is -2.32. The van der Waals surface area contributed by atoms with Crippen LogP contribution in [-0.2, 0) is 14.8 Å². The van der Waals surface area contributed by atoms with Crippen molar-refractivity contribution >= 4 is 16.0 Å². The largest absolute Gasteiger partial charge is 0.486 e. The number of hydrogen-bond donors (Lipinski definition) is 1. The summed E-state index contributed by atoms with van der Waals surface area (Å²) in [7, 11) is -3.92. The molecule has 3 atom stereocenters. The van der Waals surface area contributed by atoms with Crippen molar-refractivity contribution in [1.82, 2.24) is 4.31 Å². The van der Waals surface area contributed by atoms with Gasteiger partial charge in [-0.2, -0.15) is 4.31 Å². The van der Waals surface area contributed by atoms with E-state index in [1.165, 1.54) is 16.4 Å². The number of aliphatic carboxylic acids is 1. The first-order valence-electron chi connectivity index (χ1n) is 8.64. The van der Waals surface area contributed by atoms with Crippen molar-refractivity contribution in [2.75, 3.05) is 13.2 Å². The van der Waals surface area contributed by atoms with Crippen molar-refractivity contribution in [2.24, 2.45) is 5.92 Å². The van der Waals surface area contributed by atoms with Crippen molar-refractivity contribution in [3.8, 4) is 11.5 Å². The number of fused-ring (bicyclic) bond motifs is 2. The van der Waals surface area contributed by atoms with Gasteiger partial charge in [-0.05, 0) is 37.3 Å². The number of nitrogens with zero attached hydrogens (tertiary/aromatic N) is 1. The Kier molecular flexibility index (Phi) is 4.11. The average Bonchev–Trinajstić information content (AvgIpc) is 3.02. The molecule has 1 aliphatic carbocycles. The highest BCUT2D eigenvalue weighted by molar-refractivity contribution is 7.89. The van der Waals surface area contributed by atoms with Crippen LogP contribution in [0.5, 0.6) is 11.5 Å². The number of sulfonamides is 1. The molecule has 2 aliphatic heterocycles. The van der Waals surface area contributed by atoms with Gasteiger partial charge in [0.2, 0.25) is 10.0 Å². The van der Waals surface area contributed by atoms with E-state index in [0.717, 1.165) is 25.7 Å². The second-order valence-electron chi connectivity index (χ2n) is 6.84. The molecule has 3 aliphatic rings. The van der Waals surface area contributed by atoms with Gasteiger partial charge in [0.15, 0.2) is 11.5 Å². The molecule has 1 saturated carbocycles. The van der Waals surface area contributed by atoms with Crippen molar-refractivity contribution in [1.29, 1.82) is 0 Å². The van der Waals surface area contributed by atoms with E-state index in [1.54, 1.807) is 6.07 Å². The van der Waals surface area contributed by atoms with Crippen LogP contribution in [0.2, 0.25) is 0 Å². The van der Waals surface area contributed by atoms with Gasteiger partial charge >= 0.3 is 5.97 Å². The molecule has 1 N–H and O–H groups in total. The number of hydrogen-bond acceptors (Lipinski definition) is 5. The zero-order valence-electron chi connectivity index (χ0n) is 13.8. The van der Waals surface area contributed by atoms with Crippen molar-refractivity contribution in [2.45, 2.75) is 49.1 Å². The highest BCUT2D eigenvalue weighted by Gasteiger charge is 2.51. The average molecular weight is 367 g/mol. The zero-order chi connectivity index (χ0) is 17.6. The first-order valence-corrected chi connectivity index (χ1v) is 10.1. The fourth-order valence-electron chi connectivity index (χ4n) is 4.28. The van der Waals surface area contributed by atoms with Crippen molar-refractivity contribution < 1.29 is 27.8 Å². The summed E-state index contributed by atoms with van der Waals surface area (Å²) in [4.78, 5) is 11.8. The van der Waals surface area contributed by atoms with E-state index in [-0.39, 0.29) is 16.9 Å². The number of carboxylic acid groups (broad SMARTS) is 1. The van der Waals surface area contributed by atoms with E-state index in [2.05, 4.69) is 0 Å². The quantitative estimate of drug-likeness (QED) is 0.877. The smallest absolute Gasteiger partial charge is 0.322 e. The standard InChI is InChI=1S/C17H21NO6S/c19-17(20)14-9-11-3-1-2-4-13(11)18(14)25(21,22)12-5-6-15-16(10-12)24-8-7-23-15/h5-6,10-11,13-14H,1-4,7-9H2,(H,19,20)/t11-,13+,14-/m1/s1. The maximum atomic E-state index is 13.3. The van der Waals surface area contributed by atoms with Crippen LogP contribution < -0.4 is 9.47 Å². The minimum atomic E-state index is -3.92. The van der Waals surface area contributed by atoms with Gasteiger partial charge in [-0.3, -0.25) is 4.79 Å². The SMILES string of the molecule is O=C(O)[C@H]1C[C@H]2CCCC[C@@H]2N1S(=O)(=O)c1ccc2c(c1)OCCO2. The second-order valence-corrected chi connectivity index (χ2v) is 8.69. The van der Waals surface area contributed by atoms with Crippen LogP contribution in [0.15, 0.2) is 23.1 Å². The zero-order valence-corrected chi connectivity index (χ0v) is 14.6. The summed E-state index contributed by atoms with van der Waals surface area (Å²) in [5.41, 5.74) is 0. The Hall–Kier alpha value is -1.80. The molecule has 136 valence electrons. The predicted octanol–water partition coefficient (Wildman–Crippen LogP) is 1.86. The van der Waals surface area contributed by atoms with Crippen LogP contribution in [0.3, 0.4) is 0 Å². The molecule has 8 heteroatoms. The third kappa shape index (κ3) is 2.77. The molecule has 7 nitrogen and oxygen atoms in total. The van der Waals surface area contributed by atoms with Gasteiger partial charge in [-0.15, -0.1) is 0 Å². The number of carboxylic acids is 1. The fourth-order valence-corrected chi connectivity index (χ4v) is 6.17. The van der Waals surface area contributed by atoms with Crippen LogP contribution >= 0.6 is 0 Å². The van der Waals surface area contributed by atoms with Crippen LogP contribution in [0, 0.1) is 5.92 Å². The molecular weight excluding hydrogens is 346 g/mol. The Bertz CT molecular complexity index is 792. The summed E-state index contributed by atoms with van der Waals surface area (Å²) in [6, 6.07) is 3.27. The Balaban J connectivity index is 1.73. The van der Waals surface area contributed by atoms with Crippen molar-refractivity contribution in [3.05, 3.63) is 18.2 Å². The molecule has 0 bridgehead atoms. The molecule has 1 aromatic rings. The summed E-state index contributed by atoms with van der Waals surface area (Å²) in [5.74, 6) is -0.0482. The fraction of sp³-hybridized carbons (Fsp3) is 0.588. The second kappa shape index (κ2) is 6.17. The number of benzene rings is 1. The van der Waals surface area contributed by atoms with E-state index < -0.39 is 22.0 Å². The summed E-state index contributed by atoms with van der Waals surface area (Å²) in [6.45, 7) is 0.790. The van der Waals surface area contributed by atoms with Crippen LogP contribution in [-0.4, -0.2) is 49.1 Å². The lowest BCUT2D eigenvalue weighted by molar-refractivity contribution is -0.141.